The van der Waals surface area contributed by atoms with Crippen LogP contribution in [0.1, 0.15) is 11.6 Å². The molecule has 82 valence electrons. The number of piperazine rings is 1. The van der Waals surface area contributed by atoms with Gasteiger partial charge in [-0.05, 0) is 24.7 Å². The quantitative estimate of drug-likeness (QED) is 0.855. The number of benzene rings is 1. The van der Waals surface area contributed by atoms with E-state index >= 15 is 0 Å². The number of nitrogens with zero attached hydrogens (tertiary/aromatic N) is 1. The van der Waals surface area contributed by atoms with Crippen molar-refractivity contribution in [1.82, 2.24) is 10.2 Å². The second-order valence-corrected chi connectivity index (χ2v) is 5.19. The van der Waals surface area contributed by atoms with Gasteiger partial charge in [0.1, 0.15) is 0 Å². The van der Waals surface area contributed by atoms with E-state index in [-0.39, 0.29) is 0 Å². The van der Waals surface area contributed by atoms with Crippen molar-refractivity contribution in [2.75, 3.05) is 26.7 Å². The monoisotopic (exact) mass is 288 g/mol. The van der Waals surface area contributed by atoms with Gasteiger partial charge in [0.05, 0.1) is 0 Å². The van der Waals surface area contributed by atoms with Gasteiger partial charge in [-0.25, -0.2) is 0 Å². The van der Waals surface area contributed by atoms with Gasteiger partial charge in [-0.15, -0.1) is 0 Å². The van der Waals surface area contributed by atoms with Crippen LogP contribution >= 0.6 is 27.5 Å². The number of hydrogen-bond donors (Lipinski definition) is 1. The fraction of sp³-hybridized carbons (Fsp3) is 0.455. The summed E-state index contributed by atoms with van der Waals surface area (Å²) in [7, 11) is 2.14. The lowest BCUT2D eigenvalue weighted by molar-refractivity contribution is 0.202. The minimum atomic E-state index is 0.388. The van der Waals surface area contributed by atoms with Crippen molar-refractivity contribution in [3.63, 3.8) is 0 Å². The fourth-order valence-electron chi connectivity index (χ4n) is 1.93. The molecule has 1 unspecified atom stereocenters. The van der Waals surface area contributed by atoms with E-state index in [1.54, 1.807) is 0 Å². The van der Waals surface area contributed by atoms with Gasteiger partial charge in [0.15, 0.2) is 0 Å². The average Bonchev–Trinajstić information content (AvgIpc) is 2.20. The van der Waals surface area contributed by atoms with Gasteiger partial charge in [0, 0.05) is 35.2 Å². The first-order chi connectivity index (χ1) is 7.18. The van der Waals surface area contributed by atoms with Gasteiger partial charge in [-0.2, -0.15) is 0 Å². The first-order valence-electron chi connectivity index (χ1n) is 5.04. The van der Waals surface area contributed by atoms with Crippen LogP contribution < -0.4 is 5.32 Å². The second-order valence-electron chi connectivity index (χ2n) is 3.87. The van der Waals surface area contributed by atoms with Crippen molar-refractivity contribution in [3.05, 3.63) is 33.3 Å². The van der Waals surface area contributed by atoms with E-state index in [2.05, 4.69) is 39.3 Å². The van der Waals surface area contributed by atoms with Crippen molar-refractivity contribution in [2.45, 2.75) is 6.04 Å². The highest BCUT2D eigenvalue weighted by atomic mass is 79.9. The van der Waals surface area contributed by atoms with Gasteiger partial charge in [0.2, 0.25) is 0 Å². The molecule has 0 spiro atoms. The summed E-state index contributed by atoms with van der Waals surface area (Å²) in [5.74, 6) is 0. The molecule has 1 aliphatic heterocycles. The molecule has 2 rings (SSSR count). The van der Waals surface area contributed by atoms with Crippen LogP contribution in [0.25, 0.3) is 0 Å². The molecule has 1 N–H and O–H groups in total. The summed E-state index contributed by atoms with van der Waals surface area (Å²) in [5.41, 5.74) is 1.20. The summed E-state index contributed by atoms with van der Waals surface area (Å²) in [6.07, 6.45) is 0. The number of halogens is 2. The lowest BCUT2D eigenvalue weighted by atomic mass is 10.0. The van der Waals surface area contributed by atoms with Crippen molar-refractivity contribution in [1.29, 1.82) is 0 Å². The predicted octanol–water partition coefficient (Wildman–Crippen LogP) is 2.68. The smallest absolute Gasteiger partial charge is 0.0484 e. The average molecular weight is 290 g/mol. The molecule has 1 heterocycles. The highest BCUT2D eigenvalue weighted by molar-refractivity contribution is 9.10. The zero-order chi connectivity index (χ0) is 10.8. The van der Waals surface area contributed by atoms with Crippen molar-refractivity contribution < 1.29 is 0 Å². The molecule has 0 aliphatic carbocycles. The number of hydrogen-bond acceptors (Lipinski definition) is 2. The Morgan fingerprint density at radius 2 is 2.33 bits per heavy atom. The molecule has 1 aromatic rings. The Balaban J connectivity index is 2.27. The van der Waals surface area contributed by atoms with Crippen molar-refractivity contribution in [2.24, 2.45) is 0 Å². The normalized spacial score (nSPS) is 23.0. The maximum absolute atomic E-state index is 6.24. The molecule has 2 nitrogen and oxygen atoms in total. The molecule has 0 aromatic heterocycles. The molecule has 1 fully saturated rings. The molecular formula is C11H14BrClN2. The molecule has 0 saturated carbocycles. The van der Waals surface area contributed by atoms with E-state index in [0.717, 1.165) is 29.1 Å². The first kappa shape index (κ1) is 11.4. The lowest BCUT2D eigenvalue weighted by Crippen LogP contribution is -2.43. The molecular weight excluding hydrogens is 275 g/mol. The summed E-state index contributed by atoms with van der Waals surface area (Å²) < 4.78 is 1.03. The summed E-state index contributed by atoms with van der Waals surface area (Å²) in [5, 5.41) is 4.23. The molecule has 1 atom stereocenters. The van der Waals surface area contributed by atoms with Crippen LogP contribution in [0.3, 0.4) is 0 Å². The van der Waals surface area contributed by atoms with Gasteiger partial charge < -0.3 is 5.32 Å². The van der Waals surface area contributed by atoms with Crippen LogP contribution in [-0.4, -0.2) is 31.6 Å². The summed E-state index contributed by atoms with van der Waals surface area (Å²) in [4.78, 5) is 2.34. The summed E-state index contributed by atoms with van der Waals surface area (Å²) >= 11 is 9.67. The predicted molar refractivity (Wildman–Crippen MR) is 67.4 cm³/mol. The van der Waals surface area contributed by atoms with E-state index in [0.29, 0.717) is 6.04 Å². The van der Waals surface area contributed by atoms with Crippen LogP contribution in [0.15, 0.2) is 22.7 Å². The third-order valence-electron chi connectivity index (χ3n) is 2.83. The molecule has 0 amide bonds. The molecule has 15 heavy (non-hydrogen) atoms. The Kier molecular flexibility index (Phi) is 3.67. The van der Waals surface area contributed by atoms with Gasteiger partial charge in [-0.3, -0.25) is 4.90 Å². The molecule has 1 aliphatic rings. The van der Waals surface area contributed by atoms with Crippen LogP contribution in [0.2, 0.25) is 5.02 Å². The summed E-state index contributed by atoms with van der Waals surface area (Å²) in [6, 6.07) is 6.49. The van der Waals surface area contributed by atoms with E-state index < -0.39 is 0 Å². The van der Waals surface area contributed by atoms with Gasteiger partial charge in [0.25, 0.3) is 0 Å². The van der Waals surface area contributed by atoms with Crippen LogP contribution in [0, 0.1) is 0 Å². The van der Waals surface area contributed by atoms with Crippen molar-refractivity contribution >= 4 is 27.5 Å². The third-order valence-corrected chi connectivity index (χ3v) is 3.65. The first-order valence-corrected chi connectivity index (χ1v) is 6.21. The highest BCUT2D eigenvalue weighted by Gasteiger charge is 2.22. The zero-order valence-electron chi connectivity index (χ0n) is 8.63. The maximum atomic E-state index is 6.24. The number of nitrogens with one attached hydrogen (secondary N) is 1. The van der Waals surface area contributed by atoms with Crippen LogP contribution in [0.5, 0.6) is 0 Å². The maximum Gasteiger partial charge on any atom is 0.0484 e. The lowest BCUT2D eigenvalue weighted by Gasteiger charge is -2.33. The Morgan fingerprint density at radius 3 is 3.00 bits per heavy atom. The zero-order valence-corrected chi connectivity index (χ0v) is 11.0. The molecule has 1 aromatic carbocycles. The van der Waals surface area contributed by atoms with E-state index in [9.17, 15) is 0 Å². The van der Waals surface area contributed by atoms with Gasteiger partial charge >= 0.3 is 0 Å². The van der Waals surface area contributed by atoms with E-state index in [1.165, 1.54) is 5.56 Å². The highest BCUT2D eigenvalue weighted by Crippen LogP contribution is 2.29. The molecule has 1 saturated heterocycles. The minimum Gasteiger partial charge on any atom is -0.314 e. The Hall–Kier alpha value is -0.0900. The Morgan fingerprint density at radius 1 is 1.53 bits per heavy atom. The molecule has 0 radical (unpaired) electrons. The third kappa shape index (κ3) is 2.53. The second kappa shape index (κ2) is 4.83. The minimum absolute atomic E-state index is 0.388. The van der Waals surface area contributed by atoms with E-state index in [1.807, 2.05) is 12.1 Å². The van der Waals surface area contributed by atoms with Crippen molar-refractivity contribution in [3.8, 4) is 0 Å². The standard InChI is InChI=1S/C11H14BrClN2/c1-15-5-4-14-7-11(15)9-3-2-8(12)6-10(9)13/h2-3,6,11,14H,4-5,7H2,1H3. The number of rotatable bonds is 1. The Bertz CT molecular complexity index is 356. The van der Waals surface area contributed by atoms with Crippen LogP contribution in [-0.2, 0) is 0 Å². The number of likely N-dealkylation sites (N-methyl/N-ethyl adjacent to an activating group) is 1. The molecule has 0 bridgehead atoms. The Labute approximate surface area is 104 Å². The largest absolute Gasteiger partial charge is 0.314 e. The van der Waals surface area contributed by atoms with Gasteiger partial charge in [-0.1, -0.05) is 33.6 Å². The summed E-state index contributed by atoms with van der Waals surface area (Å²) in [6.45, 7) is 3.09. The van der Waals surface area contributed by atoms with E-state index in [4.69, 9.17) is 11.6 Å². The van der Waals surface area contributed by atoms with Crippen LogP contribution in [0.4, 0.5) is 0 Å². The SMILES string of the molecule is CN1CCNCC1c1ccc(Br)cc1Cl. The molecule has 4 heteroatoms. The topological polar surface area (TPSA) is 15.3 Å². The fourth-order valence-corrected chi connectivity index (χ4v) is 2.72.